The fourth-order valence-corrected chi connectivity index (χ4v) is 3.07. The minimum atomic E-state index is -0.175. The molecule has 126 valence electrons. The Morgan fingerprint density at radius 1 is 1.08 bits per heavy atom. The second kappa shape index (κ2) is 8.13. The van der Waals surface area contributed by atoms with Gasteiger partial charge in [-0.25, -0.2) is 0 Å². The van der Waals surface area contributed by atoms with Gasteiger partial charge in [-0.15, -0.1) is 5.10 Å². The average molecular weight is 416 g/mol. The topological polar surface area (TPSA) is 63.1 Å². The Labute approximate surface area is 158 Å². The number of ether oxygens (including phenoxy) is 1. The Morgan fingerprint density at radius 3 is 2.44 bits per heavy atom. The molecule has 0 bridgehead atoms. The number of nitrogens with zero attached hydrogens (tertiary/aromatic N) is 2. The second-order valence-electron chi connectivity index (χ2n) is 5.04. The van der Waals surface area contributed by atoms with E-state index in [9.17, 15) is 4.79 Å². The van der Waals surface area contributed by atoms with Gasteiger partial charge in [-0.05, 0) is 65.4 Å². The molecule has 3 rings (SSSR count). The van der Waals surface area contributed by atoms with Crippen molar-refractivity contribution < 1.29 is 9.53 Å². The van der Waals surface area contributed by atoms with Crippen molar-refractivity contribution in [1.29, 1.82) is 0 Å². The van der Waals surface area contributed by atoms with Crippen LogP contribution in [0.2, 0.25) is 0 Å². The highest BCUT2D eigenvalue weighted by atomic mass is 79.9. The van der Waals surface area contributed by atoms with E-state index in [0.717, 1.165) is 21.3 Å². The van der Waals surface area contributed by atoms with E-state index < -0.39 is 0 Å². The van der Waals surface area contributed by atoms with Gasteiger partial charge in [0.05, 0.1) is 18.2 Å². The molecule has 7 heteroatoms. The number of halogens is 1. The third-order valence-electron chi connectivity index (χ3n) is 3.29. The molecule has 1 N–H and O–H groups in total. The van der Waals surface area contributed by atoms with Crippen LogP contribution in [0.25, 0.3) is 6.08 Å². The van der Waals surface area contributed by atoms with Crippen molar-refractivity contribution in [2.24, 2.45) is 10.2 Å². The monoisotopic (exact) mass is 415 g/mol. The molecule has 5 nitrogen and oxygen atoms in total. The van der Waals surface area contributed by atoms with Gasteiger partial charge in [-0.1, -0.05) is 28.1 Å². The van der Waals surface area contributed by atoms with Crippen LogP contribution in [0.3, 0.4) is 0 Å². The molecule has 1 amide bonds. The molecular formula is C18H14BrN3O2S. The molecular weight excluding hydrogens is 402 g/mol. The highest BCUT2D eigenvalue weighted by molar-refractivity contribution is 9.10. The molecule has 0 aromatic heterocycles. The van der Waals surface area contributed by atoms with Crippen molar-refractivity contribution in [3.05, 3.63) is 69.0 Å². The van der Waals surface area contributed by atoms with Gasteiger partial charge < -0.3 is 4.74 Å². The van der Waals surface area contributed by atoms with E-state index in [1.807, 2.05) is 54.6 Å². The third-order valence-corrected chi connectivity index (χ3v) is 4.72. The summed E-state index contributed by atoms with van der Waals surface area (Å²) in [6.45, 7) is 0. The van der Waals surface area contributed by atoms with Crippen LogP contribution in [0.4, 0.5) is 0 Å². The minimum absolute atomic E-state index is 0.175. The number of amides is 1. The van der Waals surface area contributed by atoms with Crippen LogP contribution in [0.15, 0.2) is 68.1 Å². The van der Waals surface area contributed by atoms with E-state index in [4.69, 9.17) is 4.74 Å². The zero-order chi connectivity index (χ0) is 17.6. The maximum absolute atomic E-state index is 12.0. The van der Waals surface area contributed by atoms with Crippen molar-refractivity contribution in [2.45, 2.75) is 0 Å². The fourth-order valence-electron chi connectivity index (χ4n) is 2.02. The van der Waals surface area contributed by atoms with Gasteiger partial charge >= 0.3 is 0 Å². The number of hydrogen-bond donors (Lipinski definition) is 1. The summed E-state index contributed by atoms with van der Waals surface area (Å²) in [5, 5.41) is 11.2. The summed E-state index contributed by atoms with van der Waals surface area (Å²) in [6.07, 6.45) is 3.44. The van der Waals surface area contributed by atoms with Gasteiger partial charge in [0.25, 0.3) is 5.91 Å². The zero-order valence-electron chi connectivity index (χ0n) is 13.3. The number of carbonyl (C=O) groups excluding carboxylic acids is 1. The molecule has 0 atom stereocenters. The first-order chi connectivity index (χ1) is 12.1. The number of nitrogens with one attached hydrogen (secondary N) is 1. The molecule has 0 spiro atoms. The van der Waals surface area contributed by atoms with Crippen LogP contribution in [0.5, 0.6) is 5.75 Å². The van der Waals surface area contributed by atoms with E-state index in [2.05, 4.69) is 31.4 Å². The largest absolute Gasteiger partial charge is 0.497 e. The summed E-state index contributed by atoms with van der Waals surface area (Å²) in [5.74, 6) is 0.608. The highest BCUT2D eigenvalue weighted by Crippen LogP contribution is 2.26. The first kappa shape index (κ1) is 17.4. The fraction of sp³-hybridized carbons (Fsp3) is 0.0556. The van der Waals surface area contributed by atoms with Crippen LogP contribution in [-0.4, -0.2) is 24.4 Å². The van der Waals surface area contributed by atoms with Gasteiger partial charge in [0, 0.05) is 4.47 Å². The van der Waals surface area contributed by atoms with Crippen LogP contribution in [0.1, 0.15) is 11.1 Å². The number of hydrogen-bond acceptors (Lipinski definition) is 5. The molecule has 0 unspecified atom stereocenters. The smallest absolute Gasteiger partial charge is 0.264 e. The summed E-state index contributed by atoms with van der Waals surface area (Å²) in [5.41, 5.74) is 1.84. The van der Waals surface area contributed by atoms with Crippen LogP contribution in [0, 0.1) is 0 Å². The Balaban J connectivity index is 1.67. The lowest BCUT2D eigenvalue weighted by molar-refractivity contribution is -0.115. The van der Waals surface area contributed by atoms with E-state index in [-0.39, 0.29) is 5.91 Å². The molecule has 1 aliphatic rings. The Bertz CT molecular complexity index is 859. The summed E-state index contributed by atoms with van der Waals surface area (Å²) >= 11 is 4.65. The Morgan fingerprint density at radius 2 is 1.76 bits per heavy atom. The van der Waals surface area contributed by atoms with E-state index in [1.165, 1.54) is 11.8 Å². The zero-order valence-corrected chi connectivity index (χ0v) is 15.7. The summed E-state index contributed by atoms with van der Waals surface area (Å²) < 4.78 is 6.10. The van der Waals surface area contributed by atoms with Gasteiger partial charge in [-0.2, -0.15) is 5.10 Å². The number of thioether (sulfide) groups is 1. The molecule has 0 aliphatic carbocycles. The maximum atomic E-state index is 12.0. The Hall–Kier alpha value is -2.38. The lowest BCUT2D eigenvalue weighted by Gasteiger charge is -1.98. The van der Waals surface area contributed by atoms with Crippen molar-refractivity contribution in [3.63, 3.8) is 0 Å². The van der Waals surface area contributed by atoms with Crippen LogP contribution >= 0.6 is 27.7 Å². The molecule has 0 saturated carbocycles. The average Bonchev–Trinajstić information content (AvgIpc) is 2.97. The number of benzene rings is 2. The van der Waals surface area contributed by atoms with Crippen molar-refractivity contribution >= 4 is 51.1 Å². The lowest BCUT2D eigenvalue weighted by Crippen LogP contribution is -2.19. The van der Waals surface area contributed by atoms with Gasteiger partial charge in [-0.3, -0.25) is 10.1 Å². The molecule has 1 saturated heterocycles. The lowest BCUT2D eigenvalue weighted by atomic mass is 10.2. The van der Waals surface area contributed by atoms with Crippen molar-refractivity contribution in [1.82, 2.24) is 5.32 Å². The molecule has 25 heavy (non-hydrogen) atoms. The SMILES string of the molecule is COc1ccc(/C=N\N=C2NC(=O)/C(=C\c3ccc(Br)cc3)S2)cc1. The number of methoxy groups -OCH3 is 1. The number of rotatable bonds is 4. The molecule has 1 heterocycles. The summed E-state index contributed by atoms with van der Waals surface area (Å²) in [4.78, 5) is 12.6. The molecule has 1 fully saturated rings. The minimum Gasteiger partial charge on any atom is -0.497 e. The molecule has 2 aromatic carbocycles. The van der Waals surface area contributed by atoms with Crippen LogP contribution in [-0.2, 0) is 4.79 Å². The number of carbonyl (C=O) groups is 1. The van der Waals surface area contributed by atoms with Gasteiger partial charge in [0.15, 0.2) is 5.17 Å². The summed E-state index contributed by atoms with van der Waals surface area (Å²) in [7, 11) is 1.62. The van der Waals surface area contributed by atoms with E-state index >= 15 is 0 Å². The quantitative estimate of drug-likeness (QED) is 0.465. The first-order valence-electron chi connectivity index (χ1n) is 7.35. The van der Waals surface area contributed by atoms with Crippen LogP contribution < -0.4 is 10.1 Å². The predicted octanol–water partition coefficient (Wildman–Crippen LogP) is 4.05. The van der Waals surface area contributed by atoms with Gasteiger partial charge in [0.1, 0.15) is 5.75 Å². The normalized spacial score (nSPS) is 17.4. The number of amidine groups is 1. The van der Waals surface area contributed by atoms with Crippen molar-refractivity contribution in [2.75, 3.05) is 7.11 Å². The standard InChI is InChI=1S/C18H14BrN3O2S/c1-24-15-8-4-13(5-9-15)11-20-22-18-21-17(23)16(25-18)10-12-2-6-14(19)7-3-12/h2-11H,1H3,(H,21,22,23)/b16-10+,20-11-. The molecule has 2 aromatic rings. The predicted molar refractivity (Wildman–Crippen MR) is 106 cm³/mol. The molecule has 1 aliphatic heterocycles. The van der Waals surface area contributed by atoms with E-state index in [0.29, 0.717) is 10.1 Å². The third kappa shape index (κ3) is 4.80. The highest BCUT2D eigenvalue weighted by Gasteiger charge is 2.23. The summed E-state index contributed by atoms with van der Waals surface area (Å²) in [6, 6.07) is 15.2. The van der Waals surface area contributed by atoms with Gasteiger partial charge in [0.2, 0.25) is 0 Å². The molecule has 0 radical (unpaired) electrons. The maximum Gasteiger partial charge on any atom is 0.264 e. The second-order valence-corrected chi connectivity index (χ2v) is 6.99. The Kier molecular flexibility index (Phi) is 5.67. The van der Waals surface area contributed by atoms with E-state index in [1.54, 1.807) is 13.3 Å². The van der Waals surface area contributed by atoms with Crippen molar-refractivity contribution in [3.8, 4) is 5.75 Å². The first-order valence-corrected chi connectivity index (χ1v) is 8.96.